The van der Waals surface area contributed by atoms with Crippen LogP contribution in [0, 0.1) is 28.6 Å². The summed E-state index contributed by atoms with van der Waals surface area (Å²) in [5, 5.41) is 0. The van der Waals surface area contributed by atoms with Crippen molar-refractivity contribution in [3.05, 3.63) is 95.2 Å². The molecule has 358 valence electrons. The maximum Gasteiger partial charge on any atom is 0.412 e. The number of rotatable bonds is 14. The highest BCUT2D eigenvalue weighted by atomic mass is 32.2. The van der Waals surface area contributed by atoms with Crippen LogP contribution < -0.4 is 27.8 Å². The number of nitrogens with zero attached hydrogens (tertiary/aromatic N) is 3. The van der Waals surface area contributed by atoms with E-state index in [2.05, 4.69) is 11.8 Å². The minimum atomic E-state index is -3.64. The lowest BCUT2D eigenvalue weighted by atomic mass is 9.60. The van der Waals surface area contributed by atoms with Gasteiger partial charge in [-0.15, -0.1) is 0 Å². The quantitative estimate of drug-likeness (QED) is 0.153. The van der Waals surface area contributed by atoms with Crippen molar-refractivity contribution >= 4 is 51.5 Å². The number of carbonyl (C=O) groups is 6. The predicted octanol–water partition coefficient (Wildman–Crippen LogP) is 3.84. The van der Waals surface area contributed by atoms with Gasteiger partial charge < -0.3 is 37.3 Å². The van der Waals surface area contributed by atoms with E-state index in [-0.39, 0.29) is 23.9 Å². The first-order valence-corrected chi connectivity index (χ1v) is 24.7. The van der Waals surface area contributed by atoms with E-state index in [1.54, 1.807) is 49.6 Å². The maximum absolute atomic E-state index is 14.9. The summed E-state index contributed by atoms with van der Waals surface area (Å²) in [7, 11) is -3.64. The minimum Gasteiger partial charge on any atom is -0.375 e. The number of allylic oxidation sites excluding steroid dienone is 12. The molecule has 7 atom stereocenters. The van der Waals surface area contributed by atoms with Crippen molar-refractivity contribution in [2.45, 2.75) is 113 Å². The molecule has 0 radical (unpaired) electrons. The van der Waals surface area contributed by atoms with Gasteiger partial charge in [-0.05, 0) is 91.5 Å². The van der Waals surface area contributed by atoms with Gasteiger partial charge in [-0.1, -0.05) is 83.2 Å². The average Bonchev–Trinajstić information content (AvgIpc) is 4.11. The molecule has 7 aliphatic rings. The molecule has 18 heteroatoms. The molecule has 1 aromatic carbocycles. The van der Waals surface area contributed by atoms with Crippen molar-refractivity contribution < 1.29 is 46.7 Å². The first kappa shape index (κ1) is 47.6. The van der Waals surface area contributed by atoms with Crippen LogP contribution in [-0.2, 0) is 38.5 Å². The molecule has 3 aliphatic heterocycles. The van der Waals surface area contributed by atoms with E-state index in [9.17, 15) is 37.2 Å². The van der Waals surface area contributed by atoms with Crippen LogP contribution in [0.25, 0.3) is 0 Å². The Balaban J connectivity index is 1.32. The first-order chi connectivity index (χ1) is 31.3. The van der Waals surface area contributed by atoms with Crippen LogP contribution in [0.3, 0.4) is 0 Å². The van der Waals surface area contributed by atoms with Gasteiger partial charge in [0.1, 0.15) is 0 Å². The van der Waals surface area contributed by atoms with Gasteiger partial charge >= 0.3 is 24.1 Å². The highest BCUT2D eigenvalue weighted by Gasteiger charge is 2.72. The van der Waals surface area contributed by atoms with Gasteiger partial charge in [0.25, 0.3) is 0 Å². The van der Waals surface area contributed by atoms with E-state index in [1.165, 1.54) is 12.1 Å². The molecule has 0 saturated carbocycles. The molecule has 17 nitrogen and oxygen atoms in total. The summed E-state index contributed by atoms with van der Waals surface area (Å²) in [6, 6.07) is 4.54. The Hall–Kier alpha value is -5.85. The standard InChI is InChI=1S/C49H61N7O10S/c1-27-26-35(34-10-8-24-54(34)48(39(50)57,41(59)65-43(52)61)45(2,3)37-28-12-13-29(37)15-14-28)56(32-20-22-33(23-21-32)67(7,63)64)47(27,6)36-11-9-25-55(36)49(40(51)58,42(60)66-44(53)62)46(4,5)38-30-16-17-31(38)19-18-30/h12-23,27,34-38H,8-11,24-26H2,1-7H3,(H2,50,57)(H2,51,58)(H2,52,61)(H2,53,62)/t27?,34?,35?,36?,47-,48+,49+/m1/s1. The number of esters is 2. The molecule has 67 heavy (non-hydrogen) atoms. The van der Waals surface area contributed by atoms with E-state index in [0.29, 0.717) is 37.8 Å². The highest BCUT2D eigenvalue weighted by molar-refractivity contribution is 7.90. The summed E-state index contributed by atoms with van der Waals surface area (Å²) in [5.74, 6) is -5.71. The average molecular weight is 940 g/mol. The molecular formula is C49H61N7O10S. The van der Waals surface area contributed by atoms with Crippen molar-refractivity contribution in [3.8, 4) is 0 Å². The minimum absolute atomic E-state index is 0.0749. The third kappa shape index (κ3) is 6.71. The molecule has 3 fully saturated rings. The second-order valence-electron chi connectivity index (χ2n) is 20.5. The van der Waals surface area contributed by atoms with Crippen LogP contribution in [0.1, 0.15) is 73.6 Å². The van der Waals surface area contributed by atoms with Crippen molar-refractivity contribution in [2.75, 3.05) is 24.2 Å². The SMILES string of the molecule is CC1CC(C2CCCN2[C@@](C(N)=O)(C(=O)OC(N)=O)C(C)(C)C2C3=CC=C2C=C3)N(c2ccc(S(C)(=O)=O)cc2)[C@@]1(C)C1CCCN1[C@@](C(N)=O)(C(=O)OC(N)=O)C(C)(C)C1C2=CC=C1C=C2. The molecule has 3 saturated heterocycles. The molecule has 0 aromatic heterocycles. The second kappa shape index (κ2) is 16.2. The molecule has 4 aliphatic carbocycles. The number of sulfone groups is 1. The number of hydrogen-bond donors (Lipinski definition) is 4. The summed E-state index contributed by atoms with van der Waals surface area (Å²) in [4.78, 5) is 89.9. The summed E-state index contributed by atoms with van der Waals surface area (Å²) < 4.78 is 36.2. The van der Waals surface area contributed by atoms with Gasteiger partial charge in [0.15, 0.2) is 9.84 Å². The summed E-state index contributed by atoms with van der Waals surface area (Å²) in [5.41, 5.74) is 19.8. The maximum atomic E-state index is 14.9. The van der Waals surface area contributed by atoms with Crippen LogP contribution in [0.15, 0.2) is 100 Å². The van der Waals surface area contributed by atoms with Crippen LogP contribution >= 0.6 is 0 Å². The Kier molecular flexibility index (Phi) is 11.5. The fourth-order valence-electron chi connectivity index (χ4n) is 14.0. The number of hydrogen-bond acceptors (Lipinski definition) is 13. The molecule has 0 spiro atoms. The Morgan fingerprint density at radius 3 is 1.48 bits per heavy atom. The number of likely N-dealkylation sites (tertiary alicyclic amines) is 2. The molecule has 4 bridgehead atoms. The van der Waals surface area contributed by atoms with Crippen LogP contribution in [-0.4, -0.2) is 108 Å². The predicted molar refractivity (Wildman–Crippen MR) is 248 cm³/mol. The van der Waals surface area contributed by atoms with Gasteiger partial charge in [0, 0.05) is 65.8 Å². The largest absolute Gasteiger partial charge is 0.412 e. The smallest absolute Gasteiger partial charge is 0.375 e. The topological polar surface area (TPSA) is 269 Å². The zero-order chi connectivity index (χ0) is 49.0. The number of primary amides is 4. The Morgan fingerprint density at radius 2 is 1.07 bits per heavy atom. The molecular weight excluding hydrogens is 879 g/mol. The number of ether oxygens (including phenoxy) is 2. The van der Waals surface area contributed by atoms with Gasteiger partial charge in [0.2, 0.25) is 22.9 Å². The highest BCUT2D eigenvalue weighted by Crippen LogP contribution is 2.60. The molecule has 1 aromatic rings. The van der Waals surface area contributed by atoms with Crippen LogP contribution in [0.5, 0.6) is 0 Å². The second-order valence-corrected chi connectivity index (χ2v) is 22.5. The summed E-state index contributed by atoms with van der Waals surface area (Å²) >= 11 is 0. The molecule has 8 N–H and O–H groups in total. The fraction of sp³-hybridized carbons (Fsp3) is 0.510. The summed E-state index contributed by atoms with van der Waals surface area (Å²) in [6.07, 6.45) is 16.0. The van der Waals surface area contributed by atoms with E-state index in [4.69, 9.17) is 32.4 Å². The van der Waals surface area contributed by atoms with Gasteiger partial charge in [0.05, 0.1) is 10.4 Å². The zero-order valence-corrected chi connectivity index (χ0v) is 39.8. The van der Waals surface area contributed by atoms with E-state index in [1.807, 2.05) is 55.5 Å². The van der Waals surface area contributed by atoms with Gasteiger partial charge in [-0.2, -0.15) is 0 Å². The van der Waals surface area contributed by atoms with Gasteiger partial charge in [-0.3, -0.25) is 19.4 Å². The fourth-order valence-corrected chi connectivity index (χ4v) is 14.6. The van der Waals surface area contributed by atoms with E-state index in [0.717, 1.165) is 28.5 Å². The first-order valence-electron chi connectivity index (χ1n) is 22.8. The molecule has 3 heterocycles. The third-order valence-electron chi connectivity index (χ3n) is 16.7. The normalized spacial score (nSPS) is 28.2. The van der Waals surface area contributed by atoms with E-state index < -0.39 is 103 Å². The third-order valence-corrected chi connectivity index (χ3v) is 17.9. The Bertz CT molecular complexity index is 2620. The van der Waals surface area contributed by atoms with Crippen molar-refractivity contribution in [1.29, 1.82) is 0 Å². The van der Waals surface area contributed by atoms with Crippen molar-refractivity contribution in [3.63, 3.8) is 0 Å². The molecule has 4 unspecified atom stereocenters. The number of amides is 4. The number of nitrogens with two attached hydrogens (primary N) is 4. The van der Waals surface area contributed by atoms with Crippen molar-refractivity contribution in [2.24, 2.45) is 51.5 Å². The molecule has 8 rings (SSSR count). The van der Waals surface area contributed by atoms with E-state index >= 15 is 0 Å². The Labute approximate surface area is 390 Å². The van der Waals surface area contributed by atoms with Crippen LogP contribution in [0.2, 0.25) is 0 Å². The lowest BCUT2D eigenvalue weighted by molar-refractivity contribution is -0.173. The Morgan fingerprint density at radius 1 is 0.657 bits per heavy atom. The monoisotopic (exact) mass is 939 g/mol. The lowest BCUT2D eigenvalue weighted by Crippen LogP contribution is -2.77. The number of anilines is 1. The lowest BCUT2D eigenvalue weighted by Gasteiger charge is -2.57. The number of fused-ring (bicyclic) bond motifs is 4. The number of carbonyl (C=O) groups excluding carboxylic acids is 6. The summed E-state index contributed by atoms with van der Waals surface area (Å²) in [6.45, 7) is 11.6. The number of benzene rings is 1. The van der Waals surface area contributed by atoms with Gasteiger partial charge in [-0.25, -0.2) is 27.6 Å². The van der Waals surface area contributed by atoms with Crippen LogP contribution in [0.4, 0.5) is 15.3 Å². The zero-order valence-electron chi connectivity index (χ0n) is 39.0. The molecule has 4 amide bonds. The van der Waals surface area contributed by atoms with Crippen molar-refractivity contribution in [1.82, 2.24) is 9.80 Å².